The van der Waals surface area contributed by atoms with E-state index >= 15 is 0 Å². The highest BCUT2D eigenvalue weighted by Crippen LogP contribution is 2.47. The fraction of sp³-hybridized carbons (Fsp3) is 0.600. The Morgan fingerprint density at radius 2 is 1.75 bits per heavy atom. The summed E-state index contributed by atoms with van der Waals surface area (Å²) in [6, 6.07) is 5.68. The summed E-state index contributed by atoms with van der Waals surface area (Å²) < 4.78 is 23.2. The Labute approximate surface area is 120 Å². The van der Waals surface area contributed by atoms with Crippen LogP contribution in [0, 0.1) is 0 Å². The summed E-state index contributed by atoms with van der Waals surface area (Å²) >= 11 is 0. The minimum absolute atomic E-state index is 0.145. The van der Waals surface area contributed by atoms with Gasteiger partial charge in [0.15, 0.2) is 11.5 Å². The predicted molar refractivity (Wildman–Crippen MR) is 75.5 cm³/mol. The zero-order valence-electron chi connectivity index (χ0n) is 11.2. The van der Waals surface area contributed by atoms with Crippen molar-refractivity contribution in [3.63, 3.8) is 0 Å². The van der Waals surface area contributed by atoms with Gasteiger partial charge in [-0.3, -0.25) is 4.21 Å². The van der Waals surface area contributed by atoms with Crippen molar-refractivity contribution in [1.82, 2.24) is 0 Å². The number of aliphatic hydroxyl groups is 1. The van der Waals surface area contributed by atoms with Crippen LogP contribution in [-0.4, -0.2) is 33.0 Å². The quantitative estimate of drug-likeness (QED) is 0.857. The maximum Gasteiger partial charge on any atom is 0.161 e. The van der Waals surface area contributed by atoms with Gasteiger partial charge < -0.3 is 14.6 Å². The lowest BCUT2D eigenvalue weighted by molar-refractivity contribution is 0.0180. The van der Waals surface area contributed by atoms with E-state index in [1.54, 1.807) is 0 Å². The standard InChI is InChI=1S/C15H18O4S/c16-15(8-11-2-3-12(9-15)20(11)17)10-1-4-13-14(7-10)19-6-5-18-13/h1,4,7,11-12,16H,2-3,5-6,8-9H2. The first-order valence-electron chi connectivity index (χ1n) is 7.18. The van der Waals surface area contributed by atoms with Crippen LogP contribution in [0.25, 0.3) is 0 Å². The van der Waals surface area contributed by atoms with Gasteiger partial charge in [0, 0.05) is 21.3 Å². The highest BCUT2D eigenvalue weighted by molar-refractivity contribution is 7.86. The fourth-order valence-corrected chi connectivity index (χ4v) is 5.81. The SMILES string of the molecule is O=S1C2CCC1CC(O)(c1ccc3c(c1)OCCO3)C2. The minimum atomic E-state index is -0.865. The van der Waals surface area contributed by atoms with E-state index in [-0.39, 0.29) is 10.5 Å². The summed E-state index contributed by atoms with van der Waals surface area (Å²) in [4.78, 5) is 0. The molecule has 4 rings (SSSR count). The van der Waals surface area contributed by atoms with Gasteiger partial charge in [0.25, 0.3) is 0 Å². The monoisotopic (exact) mass is 294 g/mol. The highest BCUT2D eigenvalue weighted by Gasteiger charge is 2.48. The molecule has 0 aromatic heterocycles. The van der Waals surface area contributed by atoms with E-state index in [0.717, 1.165) is 24.2 Å². The van der Waals surface area contributed by atoms with Crippen LogP contribution in [0.15, 0.2) is 18.2 Å². The van der Waals surface area contributed by atoms with Gasteiger partial charge in [0.05, 0.1) is 5.60 Å². The van der Waals surface area contributed by atoms with E-state index < -0.39 is 16.4 Å². The Morgan fingerprint density at radius 3 is 2.45 bits per heavy atom. The van der Waals surface area contributed by atoms with Crippen LogP contribution in [0.3, 0.4) is 0 Å². The molecule has 4 nitrogen and oxygen atoms in total. The Hall–Kier alpha value is -1.07. The Bertz CT molecular complexity index is 555. The minimum Gasteiger partial charge on any atom is -0.486 e. The summed E-state index contributed by atoms with van der Waals surface area (Å²) in [6.45, 7) is 1.11. The third kappa shape index (κ3) is 1.87. The molecule has 2 fully saturated rings. The van der Waals surface area contributed by atoms with Crippen molar-refractivity contribution >= 4 is 10.8 Å². The van der Waals surface area contributed by atoms with Crippen molar-refractivity contribution in [3.8, 4) is 11.5 Å². The third-order valence-corrected chi connectivity index (χ3v) is 6.80. The third-order valence-electron chi connectivity index (χ3n) is 4.68. The molecule has 0 radical (unpaired) electrons. The molecule has 0 saturated carbocycles. The van der Waals surface area contributed by atoms with E-state index in [2.05, 4.69) is 0 Å². The molecule has 20 heavy (non-hydrogen) atoms. The van der Waals surface area contributed by atoms with Crippen LogP contribution >= 0.6 is 0 Å². The summed E-state index contributed by atoms with van der Waals surface area (Å²) in [5, 5.41) is 11.3. The molecule has 3 aliphatic heterocycles. The van der Waals surface area contributed by atoms with Gasteiger partial charge in [-0.15, -0.1) is 0 Å². The summed E-state index contributed by atoms with van der Waals surface area (Å²) in [6.07, 6.45) is 3.14. The Morgan fingerprint density at radius 1 is 1.10 bits per heavy atom. The lowest BCUT2D eigenvalue weighted by Crippen LogP contribution is -2.40. The number of hydrogen-bond acceptors (Lipinski definition) is 4. The molecule has 2 saturated heterocycles. The van der Waals surface area contributed by atoms with Gasteiger partial charge in [-0.2, -0.15) is 0 Å². The van der Waals surface area contributed by atoms with E-state index in [9.17, 15) is 9.32 Å². The molecule has 0 spiro atoms. The zero-order chi connectivity index (χ0) is 13.7. The zero-order valence-corrected chi connectivity index (χ0v) is 12.0. The van der Waals surface area contributed by atoms with E-state index in [0.29, 0.717) is 31.8 Å². The molecular formula is C15H18O4S. The first-order valence-corrected chi connectivity index (χ1v) is 8.45. The predicted octanol–water partition coefficient (Wildman–Crippen LogP) is 1.72. The van der Waals surface area contributed by atoms with Crippen molar-refractivity contribution in [2.24, 2.45) is 0 Å². The highest BCUT2D eigenvalue weighted by atomic mass is 32.2. The molecule has 3 aliphatic rings. The van der Waals surface area contributed by atoms with Crippen LogP contribution in [-0.2, 0) is 16.4 Å². The number of benzene rings is 1. The first-order chi connectivity index (χ1) is 9.66. The second-order valence-electron chi connectivity index (χ2n) is 5.95. The number of hydrogen-bond donors (Lipinski definition) is 1. The topological polar surface area (TPSA) is 55.8 Å². The fourth-order valence-electron chi connectivity index (χ4n) is 3.65. The molecule has 2 atom stereocenters. The van der Waals surface area contributed by atoms with Gasteiger partial charge in [0.1, 0.15) is 13.2 Å². The van der Waals surface area contributed by atoms with Crippen molar-refractivity contribution in [3.05, 3.63) is 23.8 Å². The second-order valence-corrected chi connectivity index (χ2v) is 7.94. The smallest absolute Gasteiger partial charge is 0.161 e. The first kappa shape index (κ1) is 12.7. The molecule has 108 valence electrons. The maximum absolute atomic E-state index is 12.1. The second kappa shape index (κ2) is 4.46. The number of ether oxygens (including phenoxy) is 2. The normalized spacial score (nSPS) is 38.8. The lowest BCUT2D eigenvalue weighted by atomic mass is 9.85. The summed E-state index contributed by atoms with van der Waals surface area (Å²) in [5.41, 5.74) is 0.00520. The van der Waals surface area contributed by atoms with Crippen LogP contribution in [0.1, 0.15) is 31.2 Å². The molecule has 1 aromatic rings. The van der Waals surface area contributed by atoms with Crippen molar-refractivity contribution in [2.45, 2.75) is 41.8 Å². The van der Waals surface area contributed by atoms with Crippen LogP contribution in [0.2, 0.25) is 0 Å². The molecule has 2 unspecified atom stereocenters. The summed E-state index contributed by atoms with van der Waals surface area (Å²) in [7, 11) is -0.757. The molecule has 0 amide bonds. The van der Waals surface area contributed by atoms with Crippen molar-refractivity contribution in [2.75, 3.05) is 13.2 Å². The lowest BCUT2D eigenvalue weighted by Gasteiger charge is -2.36. The van der Waals surface area contributed by atoms with Crippen LogP contribution < -0.4 is 9.47 Å². The average molecular weight is 294 g/mol. The molecule has 0 aliphatic carbocycles. The van der Waals surface area contributed by atoms with Crippen LogP contribution in [0.4, 0.5) is 0 Å². The van der Waals surface area contributed by atoms with Gasteiger partial charge in [-0.05, 0) is 43.4 Å². The van der Waals surface area contributed by atoms with Gasteiger partial charge in [-0.1, -0.05) is 6.07 Å². The number of fused-ring (bicyclic) bond motifs is 3. The Balaban J connectivity index is 1.68. The molecule has 1 aromatic carbocycles. The van der Waals surface area contributed by atoms with E-state index in [1.807, 2.05) is 18.2 Å². The van der Waals surface area contributed by atoms with Gasteiger partial charge in [0.2, 0.25) is 0 Å². The van der Waals surface area contributed by atoms with Gasteiger partial charge in [-0.25, -0.2) is 0 Å². The van der Waals surface area contributed by atoms with Crippen molar-refractivity contribution in [1.29, 1.82) is 0 Å². The largest absolute Gasteiger partial charge is 0.486 e. The molecule has 2 bridgehead atoms. The van der Waals surface area contributed by atoms with E-state index in [1.165, 1.54) is 0 Å². The summed E-state index contributed by atoms with van der Waals surface area (Å²) in [5.74, 6) is 1.45. The van der Waals surface area contributed by atoms with Crippen molar-refractivity contribution < 1.29 is 18.8 Å². The van der Waals surface area contributed by atoms with Gasteiger partial charge >= 0.3 is 0 Å². The molecule has 5 heteroatoms. The maximum atomic E-state index is 12.1. The Kier molecular flexibility index (Phi) is 2.82. The molecule has 3 heterocycles. The number of rotatable bonds is 1. The molecular weight excluding hydrogens is 276 g/mol. The van der Waals surface area contributed by atoms with Crippen LogP contribution in [0.5, 0.6) is 11.5 Å². The van der Waals surface area contributed by atoms with E-state index in [4.69, 9.17) is 9.47 Å². The molecule has 1 N–H and O–H groups in total. The average Bonchev–Trinajstić information content (AvgIpc) is 2.70.